The number of benzene rings is 1. The van der Waals surface area contributed by atoms with Crippen LogP contribution >= 0.6 is 50.6 Å². The summed E-state index contributed by atoms with van der Waals surface area (Å²) in [6.45, 7) is 5.68. The minimum absolute atomic E-state index is 0.288. The number of rotatable bonds is 7. The zero-order chi connectivity index (χ0) is 31.7. The summed E-state index contributed by atoms with van der Waals surface area (Å²) in [4.78, 5) is 21.9. The fourth-order valence-corrected chi connectivity index (χ4v) is 7.59. The van der Waals surface area contributed by atoms with Gasteiger partial charge in [0.2, 0.25) is 0 Å². The van der Waals surface area contributed by atoms with Crippen LogP contribution in [0.5, 0.6) is 0 Å². The van der Waals surface area contributed by atoms with Crippen LogP contribution in [-0.2, 0) is 23.7 Å². The fourth-order valence-electron chi connectivity index (χ4n) is 4.98. The molecule has 0 aliphatic carbocycles. The van der Waals surface area contributed by atoms with Crippen molar-refractivity contribution < 1.29 is 28.5 Å². The van der Waals surface area contributed by atoms with Crippen molar-refractivity contribution in [3.8, 4) is 11.4 Å². The van der Waals surface area contributed by atoms with Crippen molar-refractivity contribution in [2.75, 3.05) is 19.0 Å². The van der Waals surface area contributed by atoms with Gasteiger partial charge in [-0.25, -0.2) is 19.4 Å². The van der Waals surface area contributed by atoms with Crippen LogP contribution in [-0.4, -0.2) is 74.1 Å². The highest BCUT2D eigenvalue weighted by Gasteiger charge is 2.52. The molecule has 238 valence electrons. The molecular formula is C29H30BrClN6O6S2. The molecule has 2 saturated heterocycles. The molecule has 0 radical (unpaired) electrons. The number of carbonyl (C=O) groups excluding carboxylic acids is 1. The van der Waals surface area contributed by atoms with E-state index in [0.717, 1.165) is 10.5 Å². The zero-order valence-corrected chi connectivity index (χ0v) is 28.6. The molecule has 2 aliphatic heterocycles. The van der Waals surface area contributed by atoms with Crippen molar-refractivity contribution in [2.45, 2.75) is 67.3 Å². The SMILES string of the molecule is COC1[C@@H](Sc2cc(Cl)cnc2Br)OC2COC(c3ccccc3)O[C@@H]2[C@@H]1n1cc(-c2csc(NC(=O)OC(C)(C)C)n2)nn1. The van der Waals surface area contributed by atoms with Gasteiger partial charge in [-0.2, -0.15) is 0 Å². The molecule has 12 nitrogen and oxygen atoms in total. The molecule has 0 bridgehead atoms. The van der Waals surface area contributed by atoms with Gasteiger partial charge in [-0.15, -0.1) is 16.4 Å². The van der Waals surface area contributed by atoms with Crippen molar-refractivity contribution in [1.82, 2.24) is 25.0 Å². The number of thioether (sulfide) groups is 1. The van der Waals surface area contributed by atoms with Crippen LogP contribution in [0.25, 0.3) is 11.4 Å². The minimum Gasteiger partial charge on any atom is -0.444 e. The van der Waals surface area contributed by atoms with Crippen LogP contribution in [0, 0.1) is 0 Å². The molecule has 1 amide bonds. The van der Waals surface area contributed by atoms with E-state index < -0.39 is 47.8 Å². The molecule has 4 aromatic rings. The number of pyridine rings is 1. The number of hydrogen-bond donors (Lipinski definition) is 1. The van der Waals surface area contributed by atoms with Gasteiger partial charge < -0.3 is 23.7 Å². The van der Waals surface area contributed by atoms with Crippen molar-refractivity contribution >= 4 is 61.9 Å². The lowest BCUT2D eigenvalue weighted by molar-refractivity contribution is -0.308. The molecule has 6 rings (SSSR count). The van der Waals surface area contributed by atoms with E-state index in [-0.39, 0.29) is 6.61 Å². The summed E-state index contributed by atoms with van der Waals surface area (Å²) in [5.74, 6) is 0. The first-order valence-electron chi connectivity index (χ1n) is 13.9. The van der Waals surface area contributed by atoms with Crippen LogP contribution in [0.1, 0.15) is 38.7 Å². The highest BCUT2D eigenvalue weighted by atomic mass is 79.9. The molecule has 2 aliphatic rings. The first-order valence-corrected chi connectivity index (χ1v) is 16.9. The monoisotopic (exact) mass is 736 g/mol. The number of hydrogen-bond acceptors (Lipinski definition) is 12. The second-order valence-electron chi connectivity index (χ2n) is 11.2. The number of nitrogens with zero attached hydrogens (tertiary/aromatic N) is 5. The number of thiazole rings is 1. The van der Waals surface area contributed by atoms with Crippen molar-refractivity contribution in [3.63, 3.8) is 0 Å². The van der Waals surface area contributed by atoms with Crippen molar-refractivity contribution in [3.05, 3.63) is 69.4 Å². The molecular weight excluding hydrogens is 708 g/mol. The molecule has 16 heteroatoms. The number of carbonyl (C=O) groups is 1. The molecule has 3 aromatic heterocycles. The van der Waals surface area contributed by atoms with Gasteiger partial charge in [0.05, 0.1) is 17.8 Å². The number of anilines is 1. The van der Waals surface area contributed by atoms with E-state index in [9.17, 15) is 4.79 Å². The molecule has 3 unspecified atom stereocenters. The summed E-state index contributed by atoms with van der Waals surface area (Å²) in [7, 11) is 1.63. The van der Waals surface area contributed by atoms with Gasteiger partial charge in [-0.3, -0.25) is 5.32 Å². The Hall–Kier alpha value is -2.63. The van der Waals surface area contributed by atoms with Gasteiger partial charge in [-0.05, 0) is 42.8 Å². The van der Waals surface area contributed by atoms with E-state index in [4.69, 9.17) is 35.3 Å². The first-order chi connectivity index (χ1) is 21.6. The average molecular weight is 738 g/mol. The summed E-state index contributed by atoms with van der Waals surface area (Å²) in [6, 6.07) is 11.1. The third kappa shape index (κ3) is 7.52. The van der Waals surface area contributed by atoms with Gasteiger partial charge in [-0.1, -0.05) is 58.9 Å². The van der Waals surface area contributed by atoms with E-state index in [1.165, 1.54) is 23.1 Å². The Morgan fingerprint density at radius 2 is 2.02 bits per heavy atom. The van der Waals surface area contributed by atoms with Gasteiger partial charge in [0.15, 0.2) is 11.4 Å². The van der Waals surface area contributed by atoms with E-state index in [1.807, 2.05) is 36.4 Å². The lowest BCUT2D eigenvalue weighted by Gasteiger charge is -2.48. The number of halogens is 2. The molecule has 45 heavy (non-hydrogen) atoms. The van der Waals surface area contributed by atoms with Crippen molar-refractivity contribution in [2.24, 2.45) is 0 Å². The van der Waals surface area contributed by atoms with Gasteiger partial charge in [0.1, 0.15) is 51.4 Å². The Balaban J connectivity index is 1.30. The van der Waals surface area contributed by atoms with Crippen molar-refractivity contribution in [1.29, 1.82) is 0 Å². The molecule has 5 heterocycles. The van der Waals surface area contributed by atoms with E-state index in [2.05, 4.69) is 41.5 Å². The van der Waals surface area contributed by atoms with E-state index in [1.54, 1.807) is 50.3 Å². The molecule has 1 aromatic carbocycles. The predicted molar refractivity (Wildman–Crippen MR) is 172 cm³/mol. The Morgan fingerprint density at radius 3 is 2.78 bits per heavy atom. The average Bonchev–Trinajstić information content (AvgIpc) is 3.67. The van der Waals surface area contributed by atoms with Crippen LogP contribution < -0.4 is 5.32 Å². The maximum Gasteiger partial charge on any atom is 0.413 e. The highest BCUT2D eigenvalue weighted by Crippen LogP contribution is 2.45. The van der Waals surface area contributed by atoms with Crippen LogP contribution in [0.15, 0.2) is 63.7 Å². The maximum absolute atomic E-state index is 12.3. The smallest absolute Gasteiger partial charge is 0.413 e. The molecule has 1 N–H and O–H groups in total. The standard InChI is InChI=1S/C29H30BrClN6O6S2/c1-29(2,3)43-28(38)34-27-33-18(14-44-27)17-12-37(36-35-17)21-22-19(13-40-25(42-22)15-8-6-5-7-9-15)41-26(23(21)39-4)45-20-10-16(31)11-32-24(20)30/h5-12,14,19,21-23,25-26H,13H2,1-4H3,(H,33,34,38)/t19?,21-,22-,23?,25?,26+/m0/s1. The second-order valence-corrected chi connectivity index (χ2v) is 14.4. The van der Waals surface area contributed by atoms with Crippen LogP contribution in [0.2, 0.25) is 5.02 Å². The number of methoxy groups -OCH3 is 1. The summed E-state index contributed by atoms with van der Waals surface area (Å²) < 4.78 is 33.1. The Bertz CT molecular complexity index is 1640. The number of fused-ring (bicyclic) bond motifs is 1. The topological polar surface area (TPSA) is 132 Å². The van der Waals surface area contributed by atoms with Gasteiger partial charge in [0.25, 0.3) is 0 Å². The van der Waals surface area contributed by atoms with Crippen LogP contribution in [0.3, 0.4) is 0 Å². The summed E-state index contributed by atoms with van der Waals surface area (Å²) in [5.41, 5.74) is 0.813. The maximum atomic E-state index is 12.3. The number of amides is 1. The van der Waals surface area contributed by atoms with Crippen LogP contribution in [0.4, 0.5) is 9.93 Å². The lowest BCUT2D eigenvalue weighted by Crippen LogP contribution is -2.59. The fraction of sp³-hybridized carbons (Fsp3) is 0.414. The first kappa shape index (κ1) is 32.3. The quantitative estimate of drug-likeness (QED) is 0.202. The minimum atomic E-state index is -0.631. The Morgan fingerprint density at radius 1 is 1.22 bits per heavy atom. The largest absolute Gasteiger partial charge is 0.444 e. The summed E-state index contributed by atoms with van der Waals surface area (Å²) in [6.07, 6.45) is 0.696. The normalized spacial score (nSPS) is 25.0. The van der Waals surface area contributed by atoms with E-state index >= 15 is 0 Å². The summed E-state index contributed by atoms with van der Waals surface area (Å²) >= 11 is 12.5. The Labute approximate surface area is 281 Å². The predicted octanol–water partition coefficient (Wildman–Crippen LogP) is 6.75. The molecule has 6 atom stereocenters. The van der Waals surface area contributed by atoms with E-state index in [0.29, 0.717) is 26.1 Å². The number of ether oxygens (including phenoxy) is 5. The lowest BCUT2D eigenvalue weighted by atomic mass is 9.95. The van der Waals surface area contributed by atoms with Gasteiger partial charge >= 0.3 is 6.09 Å². The number of nitrogens with one attached hydrogen (secondary N) is 1. The molecule has 0 saturated carbocycles. The third-order valence-corrected chi connectivity index (χ3v) is 9.90. The molecule has 0 spiro atoms. The number of aromatic nitrogens is 5. The zero-order valence-electron chi connectivity index (χ0n) is 24.6. The summed E-state index contributed by atoms with van der Waals surface area (Å²) in [5, 5.41) is 14.3. The van der Waals surface area contributed by atoms with Gasteiger partial charge in [0, 0.05) is 29.1 Å². The third-order valence-electron chi connectivity index (χ3n) is 6.86. The second kappa shape index (κ2) is 13.6. The molecule has 2 fully saturated rings. The highest BCUT2D eigenvalue weighted by molar-refractivity contribution is 9.10. The Kier molecular flexibility index (Phi) is 9.78.